The Labute approximate surface area is 139 Å². The molecule has 1 amide bonds. The summed E-state index contributed by atoms with van der Waals surface area (Å²) < 4.78 is 24.6. The highest BCUT2D eigenvalue weighted by Gasteiger charge is 2.39. The van der Waals surface area contributed by atoms with Crippen molar-refractivity contribution in [2.75, 3.05) is 31.9 Å². The standard InChI is InChI=1S/C15H26N2O3S.ClH/c18-14(11-21(19,20)13-3-1-2-4-13)17-9-6-15(7-10-17)5-8-16-12-15;/h13,16H,1-12H2;1H. The number of carbonyl (C=O) groups excluding carboxylic acids is 1. The lowest BCUT2D eigenvalue weighted by atomic mass is 9.78. The van der Waals surface area contributed by atoms with Crippen molar-refractivity contribution in [3.8, 4) is 0 Å². The van der Waals surface area contributed by atoms with Gasteiger partial charge in [-0.3, -0.25) is 4.79 Å². The molecular formula is C15H27ClN2O3S. The van der Waals surface area contributed by atoms with Gasteiger partial charge in [0.25, 0.3) is 0 Å². The van der Waals surface area contributed by atoms with Gasteiger partial charge in [0.2, 0.25) is 5.91 Å². The summed E-state index contributed by atoms with van der Waals surface area (Å²) in [5.41, 5.74) is 0.362. The van der Waals surface area contributed by atoms with E-state index in [1.165, 1.54) is 6.42 Å². The number of sulfone groups is 1. The van der Waals surface area contributed by atoms with Crippen LogP contribution in [0.2, 0.25) is 0 Å². The second-order valence-electron chi connectivity index (χ2n) is 7.02. The molecule has 3 fully saturated rings. The van der Waals surface area contributed by atoms with Crippen LogP contribution in [0.1, 0.15) is 44.9 Å². The van der Waals surface area contributed by atoms with E-state index in [-0.39, 0.29) is 29.3 Å². The first kappa shape index (κ1) is 18.0. The van der Waals surface area contributed by atoms with E-state index in [1.807, 2.05) is 0 Å². The van der Waals surface area contributed by atoms with E-state index in [1.54, 1.807) is 4.90 Å². The van der Waals surface area contributed by atoms with Crippen molar-refractivity contribution in [2.45, 2.75) is 50.2 Å². The van der Waals surface area contributed by atoms with Gasteiger partial charge in [0.05, 0.1) is 5.25 Å². The number of rotatable bonds is 3. The van der Waals surface area contributed by atoms with Crippen LogP contribution in [0, 0.1) is 5.41 Å². The van der Waals surface area contributed by atoms with Crippen molar-refractivity contribution in [1.29, 1.82) is 0 Å². The summed E-state index contributed by atoms with van der Waals surface area (Å²) in [5.74, 6) is -0.453. The van der Waals surface area contributed by atoms with Gasteiger partial charge in [-0.1, -0.05) is 12.8 Å². The zero-order chi connectivity index (χ0) is 14.9. The number of nitrogens with zero attached hydrogens (tertiary/aromatic N) is 1. The van der Waals surface area contributed by atoms with Crippen LogP contribution < -0.4 is 5.32 Å². The number of amides is 1. The fourth-order valence-corrected chi connectivity index (χ4v) is 5.90. The molecule has 3 aliphatic rings. The van der Waals surface area contributed by atoms with E-state index in [0.717, 1.165) is 64.7 Å². The summed E-state index contributed by atoms with van der Waals surface area (Å²) in [5, 5.41) is 3.14. The van der Waals surface area contributed by atoms with Crippen LogP contribution in [0.4, 0.5) is 0 Å². The summed E-state index contributed by atoms with van der Waals surface area (Å²) in [6, 6.07) is 0. The zero-order valence-electron chi connectivity index (χ0n) is 13.1. The van der Waals surface area contributed by atoms with Crippen LogP contribution in [0.3, 0.4) is 0 Å². The molecule has 5 nitrogen and oxygen atoms in total. The minimum Gasteiger partial charge on any atom is -0.342 e. The molecule has 0 aromatic rings. The van der Waals surface area contributed by atoms with Gasteiger partial charge in [-0.25, -0.2) is 8.42 Å². The molecule has 0 aromatic carbocycles. The van der Waals surface area contributed by atoms with Gasteiger partial charge in [0.15, 0.2) is 9.84 Å². The minimum atomic E-state index is -3.24. The third-order valence-corrected chi connectivity index (χ3v) is 7.78. The summed E-state index contributed by atoms with van der Waals surface area (Å²) in [4.78, 5) is 14.1. The van der Waals surface area contributed by atoms with Gasteiger partial charge >= 0.3 is 0 Å². The van der Waals surface area contributed by atoms with Crippen molar-refractivity contribution >= 4 is 28.2 Å². The molecule has 1 saturated carbocycles. The SMILES string of the molecule is Cl.O=C(CS(=O)(=O)C1CCCC1)N1CCC2(CCNC2)CC1. The highest BCUT2D eigenvalue weighted by molar-refractivity contribution is 7.92. The number of hydrogen-bond acceptors (Lipinski definition) is 4. The first-order valence-electron chi connectivity index (χ1n) is 8.21. The smallest absolute Gasteiger partial charge is 0.237 e. The summed E-state index contributed by atoms with van der Waals surface area (Å²) in [6.07, 6.45) is 6.66. The molecule has 0 unspecified atom stereocenters. The fraction of sp³-hybridized carbons (Fsp3) is 0.933. The normalized spacial score (nSPS) is 25.4. The highest BCUT2D eigenvalue weighted by atomic mass is 35.5. The van der Waals surface area contributed by atoms with E-state index in [2.05, 4.69) is 5.32 Å². The summed E-state index contributed by atoms with van der Waals surface area (Å²) >= 11 is 0. The Hall–Kier alpha value is -0.330. The van der Waals surface area contributed by atoms with Crippen LogP contribution in [0.5, 0.6) is 0 Å². The minimum absolute atomic E-state index is 0. The molecule has 0 radical (unpaired) electrons. The van der Waals surface area contributed by atoms with Crippen molar-refractivity contribution in [3.05, 3.63) is 0 Å². The number of piperidine rings is 1. The molecule has 7 heteroatoms. The zero-order valence-corrected chi connectivity index (χ0v) is 14.7. The van der Waals surface area contributed by atoms with E-state index in [9.17, 15) is 13.2 Å². The maximum atomic E-state index is 12.3. The molecule has 1 spiro atoms. The monoisotopic (exact) mass is 350 g/mol. The van der Waals surface area contributed by atoms with Crippen LogP contribution >= 0.6 is 12.4 Å². The lowest BCUT2D eigenvalue weighted by Crippen LogP contribution is -2.46. The molecule has 1 aliphatic carbocycles. The van der Waals surface area contributed by atoms with Gasteiger partial charge < -0.3 is 10.2 Å². The van der Waals surface area contributed by atoms with Gasteiger partial charge in [-0.05, 0) is 44.1 Å². The third-order valence-electron chi connectivity index (χ3n) is 5.64. The van der Waals surface area contributed by atoms with Gasteiger partial charge in [-0.15, -0.1) is 12.4 Å². The van der Waals surface area contributed by atoms with Crippen LogP contribution in [-0.4, -0.2) is 56.4 Å². The third kappa shape index (κ3) is 3.77. The van der Waals surface area contributed by atoms with Crippen molar-refractivity contribution in [2.24, 2.45) is 5.41 Å². The number of nitrogens with one attached hydrogen (secondary N) is 1. The lowest BCUT2D eigenvalue weighted by Gasteiger charge is -2.39. The van der Waals surface area contributed by atoms with Crippen molar-refractivity contribution in [3.63, 3.8) is 0 Å². The topological polar surface area (TPSA) is 66.5 Å². The number of carbonyl (C=O) groups is 1. The molecule has 3 rings (SSSR count). The Kier molecular flexibility index (Phi) is 5.78. The predicted octanol–water partition coefficient (Wildman–Crippen LogP) is 1.37. The van der Waals surface area contributed by atoms with Gasteiger partial charge in [0.1, 0.15) is 5.75 Å². The van der Waals surface area contributed by atoms with E-state index in [4.69, 9.17) is 0 Å². The maximum absolute atomic E-state index is 12.3. The van der Waals surface area contributed by atoms with Gasteiger partial charge in [-0.2, -0.15) is 0 Å². The average molecular weight is 351 g/mol. The van der Waals surface area contributed by atoms with E-state index < -0.39 is 9.84 Å². The Balaban J connectivity index is 0.00000176. The molecule has 1 N–H and O–H groups in total. The fourth-order valence-electron chi connectivity index (χ4n) is 4.08. The summed E-state index contributed by atoms with van der Waals surface area (Å²) in [7, 11) is -3.24. The van der Waals surface area contributed by atoms with Crippen molar-refractivity contribution < 1.29 is 13.2 Å². The molecule has 0 atom stereocenters. The molecule has 22 heavy (non-hydrogen) atoms. The Morgan fingerprint density at radius 2 is 1.77 bits per heavy atom. The predicted molar refractivity (Wildman–Crippen MR) is 89.0 cm³/mol. The average Bonchev–Trinajstić information content (AvgIpc) is 3.11. The molecule has 0 bridgehead atoms. The molecule has 2 aliphatic heterocycles. The Morgan fingerprint density at radius 1 is 1.14 bits per heavy atom. The Morgan fingerprint density at radius 3 is 2.32 bits per heavy atom. The van der Waals surface area contributed by atoms with Gasteiger partial charge in [0, 0.05) is 19.6 Å². The molecule has 2 heterocycles. The van der Waals surface area contributed by atoms with Crippen LogP contribution in [0.25, 0.3) is 0 Å². The lowest BCUT2D eigenvalue weighted by molar-refractivity contribution is -0.130. The van der Waals surface area contributed by atoms with Crippen LogP contribution in [0.15, 0.2) is 0 Å². The molecule has 0 aromatic heterocycles. The molecule has 2 saturated heterocycles. The Bertz CT molecular complexity index is 487. The van der Waals surface area contributed by atoms with Crippen molar-refractivity contribution in [1.82, 2.24) is 10.2 Å². The first-order chi connectivity index (χ1) is 10.0. The first-order valence-corrected chi connectivity index (χ1v) is 9.92. The van der Waals surface area contributed by atoms with E-state index in [0.29, 0.717) is 5.41 Å². The largest absolute Gasteiger partial charge is 0.342 e. The number of halogens is 1. The van der Waals surface area contributed by atoms with Crippen LogP contribution in [-0.2, 0) is 14.6 Å². The maximum Gasteiger partial charge on any atom is 0.237 e. The summed E-state index contributed by atoms with van der Waals surface area (Å²) in [6.45, 7) is 3.57. The second kappa shape index (κ2) is 7.05. The highest BCUT2D eigenvalue weighted by Crippen LogP contribution is 2.37. The second-order valence-corrected chi connectivity index (χ2v) is 9.30. The molecular weight excluding hydrogens is 324 g/mol. The number of likely N-dealkylation sites (tertiary alicyclic amines) is 1. The number of hydrogen-bond donors (Lipinski definition) is 1. The quantitative estimate of drug-likeness (QED) is 0.834. The van der Waals surface area contributed by atoms with E-state index >= 15 is 0 Å². The molecule has 128 valence electrons.